The van der Waals surface area contributed by atoms with Crippen LogP contribution in [-0.4, -0.2) is 20.9 Å². The summed E-state index contributed by atoms with van der Waals surface area (Å²) >= 11 is 3.20. The van der Waals surface area contributed by atoms with Crippen molar-refractivity contribution < 1.29 is 4.79 Å². The molecule has 0 aliphatic rings. The number of hydrogen-bond donors (Lipinski definition) is 1. The summed E-state index contributed by atoms with van der Waals surface area (Å²) in [7, 11) is 0. The molecular formula is C10H7BrN4O. The number of nitrogens with zero attached hydrogens (tertiary/aromatic N) is 3. The number of anilines is 1. The average molecular weight is 279 g/mol. The van der Waals surface area contributed by atoms with E-state index < -0.39 is 0 Å². The molecule has 0 bridgehead atoms. The highest BCUT2D eigenvalue weighted by Gasteiger charge is 2.06. The van der Waals surface area contributed by atoms with Gasteiger partial charge in [0.05, 0.1) is 11.8 Å². The Kier molecular flexibility index (Phi) is 3.21. The summed E-state index contributed by atoms with van der Waals surface area (Å²) < 4.78 is 0.684. The molecule has 2 aromatic heterocycles. The predicted molar refractivity (Wildman–Crippen MR) is 61.9 cm³/mol. The van der Waals surface area contributed by atoms with Gasteiger partial charge in [-0.3, -0.25) is 9.78 Å². The molecular weight excluding hydrogens is 272 g/mol. The van der Waals surface area contributed by atoms with Gasteiger partial charge in [-0.25, -0.2) is 9.97 Å². The molecule has 5 nitrogen and oxygen atoms in total. The topological polar surface area (TPSA) is 67.8 Å². The van der Waals surface area contributed by atoms with Gasteiger partial charge in [-0.1, -0.05) is 0 Å². The van der Waals surface area contributed by atoms with Crippen LogP contribution in [0.3, 0.4) is 0 Å². The van der Waals surface area contributed by atoms with E-state index in [1.54, 1.807) is 12.1 Å². The fourth-order valence-corrected chi connectivity index (χ4v) is 1.30. The van der Waals surface area contributed by atoms with Crippen molar-refractivity contribution in [2.75, 3.05) is 5.32 Å². The molecule has 0 aliphatic carbocycles. The Balaban J connectivity index is 2.12. The first-order valence-corrected chi connectivity index (χ1v) is 5.24. The number of hydrogen-bond acceptors (Lipinski definition) is 4. The molecule has 2 heterocycles. The zero-order valence-corrected chi connectivity index (χ0v) is 9.68. The van der Waals surface area contributed by atoms with Gasteiger partial charge in [-0.15, -0.1) is 0 Å². The number of pyridine rings is 1. The molecule has 0 unspecified atom stereocenters. The number of rotatable bonds is 2. The molecule has 0 spiro atoms. The van der Waals surface area contributed by atoms with Crippen molar-refractivity contribution in [2.24, 2.45) is 0 Å². The SMILES string of the molecule is O=C(Nc1cnccn1)c1ccc(Br)nc1. The first-order valence-electron chi connectivity index (χ1n) is 4.44. The third kappa shape index (κ3) is 2.60. The molecule has 0 aliphatic heterocycles. The fourth-order valence-electron chi connectivity index (χ4n) is 1.06. The molecule has 1 amide bonds. The van der Waals surface area contributed by atoms with Crippen LogP contribution in [0.1, 0.15) is 10.4 Å². The van der Waals surface area contributed by atoms with Gasteiger partial charge in [0.2, 0.25) is 0 Å². The lowest BCUT2D eigenvalue weighted by Gasteiger charge is -2.02. The van der Waals surface area contributed by atoms with Crippen LogP contribution in [0, 0.1) is 0 Å². The van der Waals surface area contributed by atoms with Gasteiger partial charge in [0.15, 0.2) is 5.82 Å². The predicted octanol–water partition coefficient (Wildman–Crippen LogP) is 1.89. The van der Waals surface area contributed by atoms with E-state index in [0.29, 0.717) is 16.0 Å². The zero-order chi connectivity index (χ0) is 11.4. The second kappa shape index (κ2) is 4.80. The Hall–Kier alpha value is -1.82. The molecule has 2 rings (SSSR count). The van der Waals surface area contributed by atoms with Crippen LogP contribution < -0.4 is 5.32 Å². The van der Waals surface area contributed by atoms with E-state index >= 15 is 0 Å². The van der Waals surface area contributed by atoms with E-state index in [1.165, 1.54) is 24.8 Å². The first kappa shape index (κ1) is 10.7. The third-order valence-corrected chi connectivity index (χ3v) is 2.26. The molecule has 1 N–H and O–H groups in total. The molecule has 2 aromatic rings. The smallest absolute Gasteiger partial charge is 0.258 e. The van der Waals surface area contributed by atoms with Crippen molar-refractivity contribution in [2.45, 2.75) is 0 Å². The highest BCUT2D eigenvalue weighted by Crippen LogP contribution is 2.08. The molecule has 0 saturated carbocycles. The van der Waals surface area contributed by atoms with Crippen LogP contribution in [0.15, 0.2) is 41.5 Å². The van der Waals surface area contributed by atoms with Gasteiger partial charge in [-0.05, 0) is 28.1 Å². The lowest BCUT2D eigenvalue weighted by atomic mass is 10.3. The van der Waals surface area contributed by atoms with Crippen molar-refractivity contribution in [3.63, 3.8) is 0 Å². The lowest BCUT2D eigenvalue weighted by Crippen LogP contribution is -2.13. The lowest BCUT2D eigenvalue weighted by molar-refractivity contribution is 0.102. The van der Waals surface area contributed by atoms with Crippen molar-refractivity contribution in [3.05, 3.63) is 47.1 Å². The van der Waals surface area contributed by atoms with Gasteiger partial charge in [0, 0.05) is 18.6 Å². The average Bonchev–Trinajstić information content (AvgIpc) is 2.31. The Labute approximate surface area is 100 Å². The first-order chi connectivity index (χ1) is 7.75. The molecule has 80 valence electrons. The summed E-state index contributed by atoms with van der Waals surface area (Å²) in [6.45, 7) is 0. The minimum Gasteiger partial charge on any atom is -0.305 e. The van der Waals surface area contributed by atoms with Gasteiger partial charge >= 0.3 is 0 Å². The quantitative estimate of drug-likeness (QED) is 0.852. The number of nitrogens with one attached hydrogen (secondary N) is 1. The Morgan fingerprint density at radius 1 is 1.19 bits per heavy atom. The number of aromatic nitrogens is 3. The van der Waals surface area contributed by atoms with Crippen molar-refractivity contribution >= 4 is 27.7 Å². The van der Waals surface area contributed by atoms with Crippen LogP contribution in [0.2, 0.25) is 0 Å². The maximum absolute atomic E-state index is 11.7. The minimum atomic E-state index is -0.263. The standard InChI is InChI=1S/C10H7BrN4O/c11-8-2-1-7(5-14-8)10(16)15-9-6-12-3-4-13-9/h1-6H,(H,13,15,16). The number of carbonyl (C=O) groups excluding carboxylic acids is 1. The Morgan fingerprint density at radius 3 is 2.69 bits per heavy atom. The summed E-state index contributed by atoms with van der Waals surface area (Å²) in [5.74, 6) is 0.149. The monoisotopic (exact) mass is 278 g/mol. The van der Waals surface area contributed by atoms with E-state index in [1.807, 2.05) is 0 Å². The zero-order valence-electron chi connectivity index (χ0n) is 8.09. The fraction of sp³-hybridized carbons (Fsp3) is 0. The molecule has 6 heteroatoms. The number of halogens is 1. The second-order valence-corrected chi connectivity index (χ2v) is 3.73. The Morgan fingerprint density at radius 2 is 2.06 bits per heavy atom. The van der Waals surface area contributed by atoms with Crippen LogP contribution in [0.4, 0.5) is 5.82 Å². The van der Waals surface area contributed by atoms with E-state index in [-0.39, 0.29) is 5.91 Å². The maximum Gasteiger partial charge on any atom is 0.258 e. The van der Waals surface area contributed by atoms with E-state index in [4.69, 9.17) is 0 Å². The van der Waals surface area contributed by atoms with Gasteiger partial charge in [0.25, 0.3) is 5.91 Å². The van der Waals surface area contributed by atoms with Crippen molar-refractivity contribution in [3.8, 4) is 0 Å². The number of carbonyl (C=O) groups is 1. The Bertz CT molecular complexity index is 486. The van der Waals surface area contributed by atoms with Gasteiger partial charge in [-0.2, -0.15) is 0 Å². The molecule has 0 saturated heterocycles. The van der Waals surface area contributed by atoms with Crippen molar-refractivity contribution in [1.82, 2.24) is 15.0 Å². The molecule has 0 atom stereocenters. The maximum atomic E-state index is 11.7. The summed E-state index contributed by atoms with van der Waals surface area (Å²) in [6.07, 6.45) is 6.01. The second-order valence-electron chi connectivity index (χ2n) is 2.91. The third-order valence-electron chi connectivity index (χ3n) is 1.79. The van der Waals surface area contributed by atoms with E-state index in [0.717, 1.165) is 0 Å². The molecule has 0 aromatic carbocycles. The molecule has 0 fully saturated rings. The highest BCUT2D eigenvalue weighted by atomic mass is 79.9. The largest absolute Gasteiger partial charge is 0.305 e. The van der Waals surface area contributed by atoms with Gasteiger partial charge < -0.3 is 5.32 Å². The van der Waals surface area contributed by atoms with E-state index in [9.17, 15) is 4.79 Å². The summed E-state index contributed by atoms with van der Waals surface area (Å²) in [5, 5.41) is 2.61. The highest BCUT2D eigenvalue weighted by molar-refractivity contribution is 9.10. The van der Waals surface area contributed by atoms with Crippen LogP contribution in [-0.2, 0) is 0 Å². The molecule has 0 radical (unpaired) electrons. The van der Waals surface area contributed by atoms with Crippen LogP contribution >= 0.6 is 15.9 Å². The van der Waals surface area contributed by atoms with Crippen molar-refractivity contribution in [1.29, 1.82) is 0 Å². The normalized spacial score (nSPS) is 9.81. The van der Waals surface area contributed by atoms with E-state index in [2.05, 4.69) is 36.2 Å². The summed E-state index contributed by atoms with van der Waals surface area (Å²) in [4.78, 5) is 23.4. The van der Waals surface area contributed by atoms with Gasteiger partial charge in [0.1, 0.15) is 4.60 Å². The molecule has 16 heavy (non-hydrogen) atoms. The van der Waals surface area contributed by atoms with Crippen LogP contribution in [0.5, 0.6) is 0 Å². The minimum absolute atomic E-state index is 0.263. The van der Waals surface area contributed by atoms with Crippen LogP contribution in [0.25, 0.3) is 0 Å². The summed E-state index contributed by atoms with van der Waals surface area (Å²) in [5.41, 5.74) is 0.467. The summed E-state index contributed by atoms with van der Waals surface area (Å²) in [6, 6.07) is 3.37. The number of amides is 1.